The highest BCUT2D eigenvalue weighted by molar-refractivity contribution is 5.75. The van der Waals surface area contributed by atoms with Crippen molar-refractivity contribution in [3.63, 3.8) is 0 Å². The third-order valence-corrected chi connectivity index (χ3v) is 2.51. The summed E-state index contributed by atoms with van der Waals surface area (Å²) in [4.78, 5) is 11.6. The number of rotatable bonds is 4. The van der Waals surface area contributed by atoms with E-state index in [0.717, 1.165) is 6.07 Å². The van der Waals surface area contributed by atoms with Crippen molar-refractivity contribution in [2.24, 2.45) is 0 Å². The number of aromatic hydroxyl groups is 3. The van der Waals surface area contributed by atoms with Crippen LogP contribution in [0, 0.1) is 0 Å². The molecule has 21 heavy (non-hydrogen) atoms. The van der Waals surface area contributed by atoms with Crippen LogP contribution in [0.25, 0.3) is 0 Å². The molecule has 5 N–H and O–H groups in total. The van der Waals surface area contributed by atoms with E-state index >= 15 is 0 Å². The average molecular weight is 291 g/mol. The molecule has 0 aliphatic carbocycles. The summed E-state index contributed by atoms with van der Waals surface area (Å²) in [7, 11) is 0. The minimum absolute atomic E-state index is 0.0721. The van der Waals surface area contributed by atoms with Gasteiger partial charge in [0.05, 0.1) is 0 Å². The van der Waals surface area contributed by atoms with Crippen molar-refractivity contribution in [3.05, 3.63) is 36.4 Å². The number of nitrogen functional groups attached to an aromatic ring is 1. The average Bonchev–Trinajstić information content (AvgIpc) is 2.44. The van der Waals surface area contributed by atoms with Gasteiger partial charge in [-0.15, -0.1) is 0 Å². The summed E-state index contributed by atoms with van der Waals surface area (Å²) in [6, 6.07) is 7.82. The van der Waals surface area contributed by atoms with E-state index in [1.54, 1.807) is 0 Å². The second kappa shape index (κ2) is 5.91. The highest BCUT2D eigenvalue weighted by atomic mass is 16.6. The van der Waals surface area contributed by atoms with Gasteiger partial charge in [0.25, 0.3) is 0 Å². The molecule has 2 aromatic rings. The molecule has 0 heterocycles. The third-order valence-electron chi connectivity index (χ3n) is 2.51. The Morgan fingerprint density at radius 2 is 1.71 bits per heavy atom. The summed E-state index contributed by atoms with van der Waals surface area (Å²) in [5, 5.41) is 27.9. The van der Waals surface area contributed by atoms with Crippen molar-refractivity contribution >= 4 is 11.7 Å². The molecule has 0 amide bonds. The van der Waals surface area contributed by atoms with E-state index in [0.29, 0.717) is 5.69 Å². The fraction of sp³-hybridized carbons (Fsp3) is 0.0714. The van der Waals surface area contributed by atoms with E-state index in [-0.39, 0.29) is 28.7 Å². The lowest BCUT2D eigenvalue weighted by molar-refractivity contribution is -0.136. The first-order valence-electron chi connectivity index (χ1n) is 5.89. The molecule has 0 atom stereocenters. The number of nitrogens with two attached hydrogens (primary N) is 1. The maximum absolute atomic E-state index is 11.6. The molecular formula is C14H13NO6. The van der Waals surface area contributed by atoms with Gasteiger partial charge in [-0.05, 0) is 24.3 Å². The van der Waals surface area contributed by atoms with Crippen molar-refractivity contribution in [1.29, 1.82) is 0 Å². The van der Waals surface area contributed by atoms with Crippen LogP contribution in [-0.4, -0.2) is 27.9 Å². The molecule has 0 spiro atoms. The zero-order valence-corrected chi connectivity index (χ0v) is 10.8. The number of benzene rings is 2. The topological polar surface area (TPSA) is 122 Å². The van der Waals surface area contributed by atoms with E-state index in [1.165, 1.54) is 30.3 Å². The highest BCUT2D eigenvalue weighted by Gasteiger charge is 2.11. The minimum atomic E-state index is -0.761. The number of phenols is 3. The Hall–Kier alpha value is -3.09. The molecule has 110 valence electrons. The van der Waals surface area contributed by atoms with Gasteiger partial charge in [-0.25, -0.2) is 4.79 Å². The van der Waals surface area contributed by atoms with Crippen LogP contribution in [0.4, 0.5) is 5.69 Å². The molecule has 0 aliphatic heterocycles. The SMILES string of the molecule is Nc1ccc(O)c(OC(=O)COc2ccc(O)c(O)c2)c1. The second-order valence-corrected chi connectivity index (χ2v) is 4.14. The molecule has 0 saturated carbocycles. The Bertz CT molecular complexity index is 671. The van der Waals surface area contributed by atoms with Gasteiger partial charge in [-0.3, -0.25) is 0 Å². The zero-order valence-electron chi connectivity index (χ0n) is 10.8. The predicted octanol–water partition coefficient (Wildman–Crippen LogP) is 1.37. The molecular weight excluding hydrogens is 278 g/mol. The molecule has 0 bridgehead atoms. The van der Waals surface area contributed by atoms with Gasteiger partial charge < -0.3 is 30.5 Å². The van der Waals surface area contributed by atoms with Crippen LogP contribution in [0.3, 0.4) is 0 Å². The van der Waals surface area contributed by atoms with E-state index in [4.69, 9.17) is 20.3 Å². The molecule has 0 aromatic heterocycles. The van der Waals surface area contributed by atoms with Gasteiger partial charge in [0.1, 0.15) is 5.75 Å². The van der Waals surface area contributed by atoms with Gasteiger partial charge in [-0.1, -0.05) is 0 Å². The van der Waals surface area contributed by atoms with E-state index in [1.807, 2.05) is 0 Å². The first kappa shape index (κ1) is 14.3. The normalized spacial score (nSPS) is 10.1. The van der Waals surface area contributed by atoms with Crippen LogP contribution in [-0.2, 0) is 4.79 Å². The number of anilines is 1. The summed E-state index contributed by atoms with van der Waals surface area (Å²) in [5.74, 6) is -1.54. The lowest BCUT2D eigenvalue weighted by Gasteiger charge is -2.09. The van der Waals surface area contributed by atoms with E-state index < -0.39 is 12.6 Å². The number of carbonyl (C=O) groups is 1. The van der Waals surface area contributed by atoms with Gasteiger partial charge in [0, 0.05) is 17.8 Å². The number of ether oxygens (including phenoxy) is 2. The molecule has 0 fully saturated rings. The number of hydrogen-bond donors (Lipinski definition) is 4. The van der Waals surface area contributed by atoms with Crippen LogP contribution in [0.2, 0.25) is 0 Å². The third kappa shape index (κ3) is 3.69. The number of esters is 1. The first-order valence-corrected chi connectivity index (χ1v) is 5.89. The van der Waals surface area contributed by atoms with Crippen LogP contribution in [0.1, 0.15) is 0 Å². The maximum Gasteiger partial charge on any atom is 0.349 e. The van der Waals surface area contributed by atoms with Crippen molar-refractivity contribution in [3.8, 4) is 28.7 Å². The predicted molar refractivity (Wildman–Crippen MR) is 73.4 cm³/mol. The molecule has 0 saturated heterocycles. The Morgan fingerprint density at radius 3 is 2.43 bits per heavy atom. The van der Waals surface area contributed by atoms with E-state index in [2.05, 4.69) is 0 Å². The van der Waals surface area contributed by atoms with Gasteiger partial charge in [0.2, 0.25) is 0 Å². The van der Waals surface area contributed by atoms with Crippen molar-refractivity contribution in [1.82, 2.24) is 0 Å². The summed E-state index contributed by atoms with van der Waals surface area (Å²) >= 11 is 0. The van der Waals surface area contributed by atoms with Gasteiger partial charge in [-0.2, -0.15) is 0 Å². The summed E-state index contributed by atoms with van der Waals surface area (Å²) in [6.07, 6.45) is 0. The summed E-state index contributed by atoms with van der Waals surface area (Å²) in [5.41, 5.74) is 5.85. The molecule has 0 aliphatic rings. The lowest BCUT2D eigenvalue weighted by atomic mass is 10.3. The molecule has 7 nitrogen and oxygen atoms in total. The lowest BCUT2D eigenvalue weighted by Crippen LogP contribution is -2.17. The Labute approximate surface area is 119 Å². The molecule has 0 radical (unpaired) electrons. The smallest absolute Gasteiger partial charge is 0.349 e. The molecule has 2 rings (SSSR count). The largest absolute Gasteiger partial charge is 0.504 e. The Morgan fingerprint density at radius 1 is 1.00 bits per heavy atom. The van der Waals surface area contributed by atoms with Crippen LogP contribution in [0.15, 0.2) is 36.4 Å². The standard InChI is InChI=1S/C14H13NO6/c15-8-1-3-11(17)13(5-8)21-14(19)7-20-9-2-4-10(16)12(18)6-9/h1-6,16-18H,7,15H2. The van der Waals surface area contributed by atoms with Crippen LogP contribution < -0.4 is 15.2 Å². The second-order valence-electron chi connectivity index (χ2n) is 4.14. The maximum atomic E-state index is 11.6. The van der Waals surface area contributed by atoms with Crippen LogP contribution in [0.5, 0.6) is 28.7 Å². The molecule has 7 heteroatoms. The quantitative estimate of drug-likeness (QED) is 0.220. The molecule has 2 aromatic carbocycles. The fourth-order valence-electron chi connectivity index (χ4n) is 1.50. The summed E-state index contributed by atoms with van der Waals surface area (Å²) < 4.78 is 9.98. The van der Waals surface area contributed by atoms with Crippen molar-refractivity contribution in [2.45, 2.75) is 0 Å². The zero-order chi connectivity index (χ0) is 15.4. The van der Waals surface area contributed by atoms with E-state index in [9.17, 15) is 15.0 Å². The molecule has 0 unspecified atom stereocenters. The van der Waals surface area contributed by atoms with Gasteiger partial charge in [0.15, 0.2) is 29.6 Å². The van der Waals surface area contributed by atoms with Crippen molar-refractivity contribution in [2.75, 3.05) is 12.3 Å². The Balaban J connectivity index is 1.95. The van der Waals surface area contributed by atoms with Gasteiger partial charge >= 0.3 is 5.97 Å². The fourth-order valence-corrected chi connectivity index (χ4v) is 1.50. The van der Waals surface area contributed by atoms with Crippen molar-refractivity contribution < 1.29 is 29.6 Å². The number of hydrogen-bond acceptors (Lipinski definition) is 7. The first-order chi connectivity index (χ1) is 9.95. The minimum Gasteiger partial charge on any atom is -0.504 e. The monoisotopic (exact) mass is 291 g/mol. The van der Waals surface area contributed by atoms with Crippen LogP contribution >= 0.6 is 0 Å². The Kier molecular flexibility index (Phi) is 4.03. The number of carbonyl (C=O) groups excluding carboxylic acids is 1. The summed E-state index contributed by atoms with van der Waals surface area (Å²) in [6.45, 7) is -0.446. The number of phenolic OH excluding ortho intramolecular Hbond substituents is 3. The highest BCUT2D eigenvalue weighted by Crippen LogP contribution is 2.29.